The Hall–Kier alpha value is -0.940. The van der Waals surface area contributed by atoms with E-state index in [2.05, 4.69) is 4.72 Å². The van der Waals surface area contributed by atoms with Gasteiger partial charge in [0, 0.05) is 6.54 Å². The van der Waals surface area contributed by atoms with Crippen LogP contribution in [0.15, 0.2) is 29.2 Å². The van der Waals surface area contributed by atoms with Gasteiger partial charge in [-0.05, 0) is 24.0 Å². The summed E-state index contributed by atoms with van der Waals surface area (Å²) in [7, 11) is -3.74. The Balaban J connectivity index is 2.80. The molecule has 1 aromatic rings. The predicted octanol–water partition coefficient (Wildman–Crippen LogP) is 2.40. The molecule has 1 rings (SSSR count). The van der Waals surface area contributed by atoms with E-state index in [0.29, 0.717) is 12.5 Å². The van der Waals surface area contributed by atoms with E-state index in [0.717, 1.165) is 6.07 Å². The van der Waals surface area contributed by atoms with E-state index in [1.54, 1.807) is 0 Å². The summed E-state index contributed by atoms with van der Waals surface area (Å²) in [6.45, 7) is 6.30. The zero-order valence-corrected chi connectivity index (χ0v) is 11.1. The molecule has 0 aliphatic heterocycles. The monoisotopic (exact) mass is 259 g/mol. The molecule has 0 fully saturated rings. The second-order valence-electron chi connectivity index (χ2n) is 4.50. The van der Waals surface area contributed by atoms with Crippen LogP contribution in [-0.2, 0) is 10.0 Å². The lowest BCUT2D eigenvalue weighted by Gasteiger charge is -2.16. The summed E-state index contributed by atoms with van der Waals surface area (Å²) < 4.78 is 39.4. The second-order valence-corrected chi connectivity index (χ2v) is 6.24. The number of rotatable bonds is 5. The molecule has 0 saturated heterocycles. The van der Waals surface area contributed by atoms with Crippen LogP contribution in [0.3, 0.4) is 0 Å². The third-order valence-corrected chi connectivity index (χ3v) is 4.32. The second kappa shape index (κ2) is 5.60. The van der Waals surface area contributed by atoms with Gasteiger partial charge in [0.25, 0.3) is 0 Å². The molecule has 5 heteroatoms. The summed E-state index contributed by atoms with van der Waals surface area (Å²) in [5.74, 6) is -0.146. The van der Waals surface area contributed by atoms with Crippen molar-refractivity contribution in [2.24, 2.45) is 11.8 Å². The number of benzene rings is 1. The molecule has 0 heterocycles. The molecule has 0 aromatic heterocycles. The van der Waals surface area contributed by atoms with Gasteiger partial charge in [-0.15, -0.1) is 0 Å². The molecule has 0 amide bonds. The van der Waals surface area contributed by atoms with Crippen LogP contribution in [0.4, 0.5) is 4.39 Å². The normalized spacial score (nSPS) is 13.9. The van der Waals surface area contributed by atoms with Crippen LogP contribution in [0.5, 0.6) is 0 Å². The molecule has 1 unspecified atom stereocenters. The molecule has 1 N–H and O–H groups in total. The molecule has 0 saturated carbocycles. The van der Waals surface area contributed by atoms with Gasteiger partial charge in [0.2, 0.25) is 10.0 Å². The Bertz CT molecular complexity index is 471. The molecule has 3 nitrogen and oxygen atoms in total. The maximum atomic E-state index is 13.3. The molecule has 0 bridgehead atoms. The van der Waals surface area contributed by atoms with Gasteiger partial charge < -0.3 is 0 Å². The van der Waals surface area contributed by atoms with Crippen molar-refractivity contribution in [2.75, 3.05) is 6.54 Å². The summed E-state index contributed by atoms with van der Waals surface area (Å²) in [4.78, 5) is -0.295. The highest BCUT2D eigenvalue weighted by Crippen LogP contribution is 2.14. The average Bonchev–Trinajstić information content (AvgIpc) is 2.26. The third-order valence-electron chi connectivity index (χ3n) is 2.86. The standard InChI is InChI=1S/C12H18FNO2S/c1-9(2)10(3)8-14-17(15,16)12-7-5-4-6-11(12)13/h4-7,9-10,14H,8H2,1-3H3. The number of hydrogen-bond donors (Lipinski definition) is 1. The molecule has 17 heavy (non-hydrogen) atoms. The minimum absolute atomic E-state index is 0.205. The van der Waals surface area contributed by atoms with Crippen molar-refractivity contribution in [3.8, 4) is 0 Å². The zero-order valence-electron chi connectivity index (χ0n) is 10.3. The van der Waals surface area contributed by atoms with Crippen LogP contribution in [0, 0.1) is 17.7 Å². The van der Waals surface area contributed by atoms with Crippen molar-refractivity contribution in [1.29, 1.82) is 0 Å². The fraction of sp³-hybridized carbons (Fsp3) is 0.500. The van der Waals surface area contributed by atoms with Gasteiger partial charge in [0.05, 0.1) is 0 Å². The fourth-order valence-corrected chi connectivity index (χ4v) is 2.44. The largest absolute Gasteiger partial charge is 0.243 e. The highest BCUT2D eigenvalue weighted by Gasteiger charge is 2.19. The molecular weight excluding hydrogens is 241 g/mol. The van der Waals surface area contributed by atoms with Crippen molar-refractivity contribution in [3.63, 3.8) is 0 Å². The molecular formula is C12H18FNO2S. The van der Waals surface area contributed by atoms with Gasteiger partial charge in [-0.2, -0.15) is 0 Å². The first kappa shape index (κ1) is 14.1. The third kappa shape index (κ3) is 3.78. The molecule has 1 aromatic carbocycles. The van der Waals surface area contributed by atoms with E-state index < -0.39 is 15.8 Å². The van der Waals surface area contributed by atoms with Gasteiger partial charge in [-0.25, -0.2) is 17.5 Å². The van der Waals surface area contributed by atoms with Crippen LogP contribution in [0.2, 0.25) is 0 Å². The Morgan fingerprint density at radius 3 is 2.35 bits per heavy atom. The maximum absolute atomic E-state index is 13.3. The minimum atomic E-state index is -3.74. The smallest absolute Gasteiger partial charge is 0.211 e. The Kier molecular flexibility index (Phi) is 4.65. The number of nitrogens with one attached hydrogen (secondary N) is 1. The molecule has 0 aliphatic carbocycles. The van der Waals surface area contributed by atoms with E-state index in [9.17, 15) is 12.8 Å². The average molecular weight is 259 g/mol. The SMILES string of the molecule is CC(C)C(C)CNS(=O)(=O)c1ccccc1F. The predicted molar refractivity (Wildman–Crippen MR) is 65.6 cm³/mol. The number of sulfonamides is 1. The molecule has 0 aliphatic rings. The van der Waals surface area contributed by atoms with Crippen LogP contribution in [0.1, 0.15) is 20.8 Å². The lowest BCUT2D eigenvalue weighted by Crippen LogP contribution is -2.30. The Labute approximate surface area is 102 Å². The molecule has 1 atom stereocenters. The van der Waals surface area contributed by atoms with Crippen LogP contribution in [0.25, 0.3) is 0 Å². The van der Waals surface area contributed by atoms with Gasteiger partial charge in [-0.3, -0.25) is 0 Å². The van der Waals surface area contributed by atoms with Crippen LogP contribution < -0.4 is 4.72 Å². The number of hydrogen-bond acceptors (Lipinski definition) is 2. The van der Waals surface area contributed by atoms with E-state index in [1.165, 1.54) is 18.2 Å². The van der Waals surface area contributed by atoms with Crippen molar-refractivity contribution < 1.29 is 12.8 Å². The van der Waals surface area contributed by atoms with Crippen molar-refractivity contribution in [3.05, 3.63) is 30.1 Å². The van der Waals surface area contributed by atoms with E-state index in [4.69, 9.17) is 0 Å². The van der Waals surface area contributed by atoms with Crippen molar-refractivity contribution in [2.45, 2.75) is 25.7 Å². The first-order valence-corrected chi connectivity index (χ1v) is 7.07. The highest BCUT2D eigenvalue weighted by molar-refractivity contribution is 7.89. The molecule has 96 valence electrons. The fourth-order valence-electron chi connectivity index (χ4n) is 1.22. The van der Waals surface area contributed by atoms with Gasteiger partial charge in [-0.1, -0.05) is 32.9 Å². The van der Waals surface area contributed by atoms with E-state index in [1.807, 2.05) is 20.8 Å². The summed E-state index contributed by atoms with van der Waals surface area (Å²) in [6.07, 6.45) is 0. The quantitative estimate of drug-likeness (QED) is 0.882. The minimum Gasteiger partial charge on any atom is -0.211 e. The van der Waals surface area contributed by atoms with Gasteiger partial charge >= 0.3 is 0 Å². The van der Waals surface area contributed by atoms with E-state index >= 15 is 0 Å². The summed E-state index contributed by atoms with van der Waals surface area (Å²) >= 11 is 0. The van der Waals surface area contributed by atoms with Crippen LogP contribution >= 0.6 is 0 Å². The Morgan fingerprint density at radius 1 is 1.24 bits per heavy atom. The first-order chi connectivity index (χ1) is 7.84. The van der Waals surface area contributed by atoms with Gasteiger partial charge in [0.1, 0.15) is 10.7 Å². The summed E-state index contributed by atoms with van der Waals surface area (Å²) in [5.41, 5.74) is 0. The lowest BCUT2D eigenvalue weighted by molar-refractivity contribution is 0.414. The topological polar surface area (TPSA) is 46.2 Å². The molecule has 0 spiro atoms. The summed E-state index contributed by atoms with van der Waals surface area (Å²) in [6, 6.07) is 5.37. The highest BCUT2D eigenvalue weighted by atomic mass is 32.2. The van der Waals surface area contributed by atoms with Gasteiger partial charge in [0.15, 0.2) is 0 Å². The van der Waals surface area contributed by atoms with Crippen LogP contribution in [-0.4, -0.2) is 15.0 Å². The van der Waals surface area contributed by atoms with E-state index in [-0.39, 0.29) is 10.8 Å². The molecule has 0 radical (unpaired) electrons. The number of halogens is 1. The maximum Gasteiger partial charge on any atom is 0.243 e. The van der Waals surface area contributed by atoms with Crippen molar-refractivity contribution >= 4 is 10.0 Å². The summed E-state index contributed by atoms with van der Waals surface area (Å²) in [5, 5.41) is 0. The zero-order chi connectivity index (χ0) is 13.1. The first-order valence-electron chi connectivity index (χ1n) is 5.59. The lowest BCUT2D eigenvalue weighted by atomic mass is 9.99. The van der Waals surface area contributed by atoms with Crippen molar-refractivity contribution in [1.82, 2.24) is 4.72 Å². The Morgan fingerprint density at radius 2 is 1.82 bits per heavy atom.